The number of ketones is 1. The molecule has 0 spiro atoms. The summed E-state index contributed by atoms with van der Waals surface area (Å²) in [6.07, 6.45) is 4.22. The topological polar surface area (TPSA) is 34.9 Å². The minimum Gasteiger partial charge on any atom is -0.292 e. The fourth-order valence-electron chi connectivity index (χ4n) is 3.08. The second kappa shape index (κ2) is 5.64. The van der Waals surface area contributed by atoms with Crippen molar-refractivity contribution >= 4 is 17.4 Å². The minimum absolute atomic E-state index is 0.00611. The van der Waals surface area contributed by atoms with Gasteiger partial charge in [-0.3, -0.25) is 9.48 Å². The Hall–Kier alpha value is -1.61. The molecule has 0 saturated heterocycles. The van der Waals surface area contributed by atoms with E-state index in [9.17, 15) is 4.79 Å². The van der Waals surface area contributed by atoms with Crippen LogP contribution in [0.1, 0.15) is 47.9 Å². The lowest BCUT2D eigenvalue weighted by Crippen LogP contribution is -2.25. The third-order valence-electron chi connectivity index (χ3n) is 4.19. The lowest BCUT2D eigenvalue weighted by molar-refractivity contribution is 0.0896. The van der Waals surface area contributed by atoms with Crippen LogP contribution < -0.4 is 0 Å². The van der Waals surface area contributed by atoms with Crippen LogP contribution in [0.5, 0.6) is 0 Å². The second-order valence-corrected chi connectivity index (χ2v) is 6.36. The zero-order valence-corrected chi connectivity index (χ0v) is 13.1. The molecule has 1 unspecified atom stereocenters. The fourth-order valence-corrected chi connectivity index (χ4v) is 3.30. The van der Waals surface area contributed by atoms with Gasteiger partial charge in [-0.1, -0.05) is 35.9 Å². The Kier molecular flexibility index (Phi) is 3.85. The van der Waals surface area contributed by atoms with Gasteiger partial charge in [0.25, 0.3) is 0 Å². The first-order chi connectivity index (χ1) is 10.1. The summed E-state index contributed by atoms with van der Waals surface area (Å²) < 4.78 is 1.74. The minimum atomic E-state index is 0.00611. The van der Waals surface area contributed by atoms with Crippen molar-refractivity contribution in [3.05, 3.63) is 52.3 Å². The number of fused-ring (bicyclic) bond motifs is 1. The average Bonchev–Trinajstić information content (AvgIpc) is 2.88. The molecule has 0 saturated carbocycles. The van der Waals surface area contributed by atoms with E-state index in [1.165, 1.54) is 11.1 Å². The van der Waals surface area contributed by atoms with E-state index in [4.69, 9.17) is 11.6 Å². The molecule has 0 fully saturated rings. The molecule has 0 bridgehead atoms. The van der Waals surface area contributed by atoms with Crippen molar-refractivity contribution in [2.45, 2.75) is 39.2 Å². The number of carbonyl (C=O) groups excluding carboxylic acids is 1. The highest BCUT2D eigenvalue weighted by molar-refractivity contribution is 6.33. The third kappa shape index (κ3) is 2.62. The Bertz CT molecular complexity index is 675. The summed E-state index contributed by atoms with van der Waals surface area (Å²) in [5, 5.41) is 4.70. The van der Waals surface area contributed by atoms with E-state index in [-0.39, 0.29) is 17.7 Å². The zero-order valence-electron chi connectivity index (χ0n) is 12.3. The molecule has 3 rings (SSSR count). The molecule has 3 nitrogen and oxygen atoms in total. The standard InChI is InChI=1S/C17H19ClN2O/c1-11(2)20-16(15(18)10-19-20)17(21)14-8-7-12-5-3-4-6-13(12)9-14/h3-6,10-11,14H,7-9H2,1-2H3. The average molecular weight is 303 g/mol. The highest BCUT2D eigenvalue weighted by Gasteiger charge is 2.29. The molecule has 1 aromatic carbocycles. The number of halogens is 1. The first-order valence-corrected chi connectivity index (χ1v) is 7.79. The van der Waals surface area contributed by atoms with Gasteiger partial charge in [0.15, 0.2) is 5.78 Å². The van der Waals surface area contributed by atoms with Crippen LogP contribution in [0.25, 0.3) is 0 Å². The van der Waals surface area contributed by atoms with E-state index in [2.05, 4.69) is 23.3 Å². The van der Waals surface area contributed by atoms with Crippen LogP contribution in [0.2, 0.25) is 5.02 Å². The molecule has 110 valence electrons. The van der Waals surface area contributed by atoms with Crippen LogP contribution in [0.4, 0.5) is 0 Å². The van der Waals surface area contributed by atoms with Crippen LogP contribution in [-0.4, -0.2) is 15.6 Å². The molecule has 1 atom stereocenters. The van der Waals surface area contributed by atoms with E-state index < -0.39 is 0 Å². The molecule has 1 aromatic heterocycles. The number of aromatic nitrogens is 2. The monoisotopic (exact) mass is 302 g/mol. The van der Waals surface area contributed by atoms with Gasteiger partial charge < -0.3 is 0 Å². The molecule has 0 radical (unpaired) electrons. The Balaban J connectivity index is 1.89. The Morgan fingerprint density at radius 3 is 2.76 bits per heavy atom. The summed E-state index contributed by atoms with van der Waals surface area (Å²) in [6, 6.07) is 8.51. The molecular formula is C17H19ClN2O. The van der Waals surface area contributed by atoms with Crippen LogP contribution in [-0.2, 0) is 12.8 Å². The predicted molar refractivity (Wildman–Crippen MR) is 83.9 cm³/mol. The number of hydrogen-bond acceptors (Lipinski definition) is 2. The van der Waals surface area contributed by atoms with E-state index in [0.717, 1.165) is 19.3 Å². The predicted octanol–water partition coefficient (Wildman–Crippen LogP) is 4.11. The van der Waals surface area contributed by atoms with Gasteiger partial charge >= 0.3 is 0 Å². The number of benzene rings is 1. The molecule has 1 aliphatic rings. The number of nitrogens with zero attached hydrogens (tertiary/aromatic N) is 2. The summed E-state index contributed by atoms with van der Waals surface area (Å²) in [6.45, 7) is 4.02. The Morgan fingerprint density at radius 2 is 2.05 bits per heavy atom. The summed E-state index contributed by atoms with van der Waals surface area (Å²) in [5.74, 6) is 0.132. The first-order valence-electron chi connectivity index (χ1n) is 7.42. The van der Waals surface area contributed by atoms with Gasteiger partial charge in [0.1, 0.15) is 5.69 Å². The van der Waals surface area contributed by atoms with Gasteiger partial charge in [0, 0.05) is 12.0 Å². The van der Waals surface area contributed by atoms with Gasteiger partial charge in [0.2, 0.25) is 0 Å². The van der Waals surface area contributed by atoms with Crippen molar-refractivity contribution < 1.29 is 4.79 Å². The van der Waals surface area contributed by atoms with Crippen molar-refractivity contribution in [2.75, 3.05) is 0 Å². The van der Waals surface area contributed by atoms with Crippen molar-refractivity contribution in [1.29, 1.82) is 0 Å². The molecule has 0 N–H and O–H groups in total. The maximum Gasteiger partial charge on any atom is 0.185 e. The van der Waals surface area contributed by atoms with Gasteiger partial charge in [-0.2, -0.15) is 5.10 Å². The highest BCUT2D eigenvalue weighted by Crippen LogP contribution is 2.30. The smallest absolute Gasteiger partial charge is 0.185 e. The lowest BCUT2D eigenvalue weighted by atomic mass is 9.81. The zero-order chi connectivity index (χ0) is 15.0. The van der Waals surface area contributed by atoms with E-state index in [0.29, 0.717) is 10.7 Å². The number of hydrogen-bond donors (Lipinski definition) is 0. The van der Waals surface area contributed by atoms with Gasteiger partial charge in [-0.05, 0) is 44.2 Å². The number of aryl methyl sites for hydroxylation is 1. The maximum atomic E-state index is 12.9. The summed E-state index contributed by atoms with van der Waals surface area (Å²) in [4.78, 5) is 12.9. The SMILES string of the molecule is CC(C)n1ncc(Cl)c1C(=O)C1CCc2ccccc2C1. The van der Waals surface area contributed by atoms with E-state index in [1.807, 2.05) is 19.9 Å². The van der Waals surface area contributed by atoms with Gasteiger partial charge in [-0.25, -0.2) is 0 Å². The van der Waals surface area contributed by atoms with Crippen LogP contribution >= 0.6 is 11.6 Å². The van der Waals surface area contributed by atoms with Crippen molar-refractivity contribution in [1.82, 2.24) is 9.78 Å². The Labute approximate surface area is 129 Å². The molecular weight excluding hydrogens is 284 g/mol. The number of rotatable bonds is 3. The summed E-state index contributed by atoms with van der Waals surface area (Å²) in [7, 11) is 0. The van der Waals surface area contributed by atoms with Crippen LogP contribution in [0, 0.1) is 5.92 Å². The molecule has 1 heterocycles. The van der Waals surface area contributed by atoms with Crippen molar-refractivity contribution in [2.24, 2.45) is 5.92 Å². The fraction of sp³-hybridized carbons (Fsp3) is 0.412. The third-order valence-corrected chi connectivity index (χ3v) is 4.47. The molecule has 21 heavy (non-hydrogen) atoms. The van der Waals surface area contributed by atoms with Gasteiger partial charge in [-0.15, -0.1) is 0 Å². The second-order valence-electron chi connectivity index (χ2n) is 5.95. The molecule has 0 aliphatic heterocycles. The number of Topliss-reactive ketones (excluding diaryl/α,β-unsaturated/α-hetero) is 1. The maximum absolute atomic E-state index is 12.9. The largest absolute Gasteiger partial charge is 0.292 e. The van der Waals surface area contributed by atoms with E-state index in [1.54, 1.807) is 10.9 Å². The lowest BCUT2D eigenvalue weighted by Gasteiger charge is -2.24. The highest BCUT2D eigenvalue weighted by atomic mass is 35.5. The van der Waals surface area contributed by atoms with Crippen molar-refractivity contribution in [3.63, 3.8) is 0 Å². The normalized spacial score (nSPS) is 17.8. The molecule has 2 aromatic rings. The summed E-state index contributed by atoms with van der Waals surface area (Å²) in [5.41, 5.74) is 3.22. The number of carbonyl (C=O) groups is 1. The molecule has 4 heteroatoms. The molecule has 0 amide bonds. The van der Waals surface area contributed by atoms with Gasteiger partial charge in [0.05, 0.1) is 11.2 Å². The molecule has 1 aliphatic carbocycles. The Morgan fingerprint density at radius 1 is 1.33 bits per heavy atom. The first kappa shape index (κ1) is 14.3. The van der Waals surface area contributed by atoms with E-state index >= 15 is 0 Å². The van der Waals surface area contributed by atoms with Crippen molar-refractivity contribution in [3.8, 4) is 0 Å². The quantitative estimate of drug-likeness (QED) is 0.800. The van der Waals surface area contributed by atoms with Crippen LogP contribution in [0.3, 0.4) is 0 Å². The van der Waals surface area contributed by atoms with Crippen LogP contribution in [0.15, 0.2) is 30.5 Å². The summed E-state index contributed by atoms with van der Waals surface area (Å²) >= 11 is 6.20.